The first-order valence-electron chi connectivity index (χ1n) is 5.14. The van der Waals surface area contributed by atoms with Crippen molar-refractivity contribution in [2.24, 2.45) is 0 Å². The summed E-state index contributed by atoms with van der Waals surface area (Å²) in [5.74, 6) is 0. The Morgan fingerprint density at radius 2 is 2.06 bits per heavy atom. The molecule has 0 amide bonds. The van der Waals surface area contributed by atoms with E-state index in [0.717, 1.165) is 12.0 Å². The first kappa shape index (κ1) is 10.4. The van der Waals surface area contributed by atoms with Crippen molar-refractivity contribution >= 4 is 17.0 Å². The maximum absolute atomic E-state index is 11.5. The summed E-state index contributed by atoms with van der Waals surface area (Å²) in [6.45, 7) is 2.02. The SMILES string of the molecule is CC/C=C/c1cccc2c(=O)[nH]c(=O)[nH]c12. The lowest BCUT2D eigenvalue weighted by molar-refractivity contribution is 1.08. The maximum atomic E-state index is 11.5. The Kier molecular flexibility index (Phi) is 2.72. The fourth-order valence-electron chi connectivity index (χ4n) is 1.60. The molecule has 16 heavy (non-hydrogen) atoms. The number of para-hydroxylation sites is 1. The van der Waals surface area contributed by atoms with Gasteiger partial charge >= 0.3 is 5.69 Å². The van der Waals surface area contributed by atoms with Gasteiger partial charge in [-0.05, 0) is 18.1 Å². The molecule has 2 rings (SSSR count). The van der Waals surface area contributed by atoms with Gasteiger partial charge in [-0.1, -0.05) is 31.2 Å². The number of H-pyrrole nitrogens is 2. The second kappa shape index (κ2) is 4.18. The zero-order valence-electron chi connectivity index (χ0n) is 8.91. The van der Waals surface area contributed by atoms with Crippen molar-refractivity contribution in [3.05, 3.63) is 50.7 Å². The molecule has 0 radical (unpaired) electrons. The van der Waals surface area contributed by atoms with Crippen molar-refractivity contribution in [3.8, 4) is 0 Å². The van der Waals surface area contributed by atoms with Crippen molar-refractivity contribution in [2.45, 2.75) is 13.3 Å². The van der Waals surface area contributed by atoms with Crippen LogP contribution in [-0.2, 0) is 0 Å². The maximum Gasteiger partial charge on any atom is 0.326 e. The van der Waals surface area contributed by atoms with Crippen LogP contribution in [0.15, 0.2) is 33.9 Å². The molecular formula is C12H12N2O2. The molecule has 1 heterocycles. The number of fused-ring (bicyclic) bond motifs is 1. The van der Waals surface area contributed by atoms with Crippen molar-refractivity contribution in [1.82, 2.24) is 9.97 Å². The van der Waals surface area contributed by atoms with Gasteiger partial charge in [0.1, 0.15) is 0 Å². The van der Waals surface area contributed by atoms with E-state index in [1.807, 2.05) is 25.1 Å². The topological polar surface area (TPSA) is 65.7 Å². The standard InChI is InChI=1S/C12H12N2O2/c1-2-3-5-8-6-4-7-9-10(8)13-12(16)14-11(9)15/h3-7H,2H2,1H3,(H2,13,14,15,16)/b5-3+. The van der Waals surface area contributed by atoms with Crippen LogP contribution in [0.5, 0.6) is 0 Å². The van der Waals surface area contributed by atoms with Gasteiger partial charge in [-0.2, -0.15) is 0 Å². The Morgan fingerprint density at radius 1 is 1.25 bits per heavy atom. The Hall–Kier alpha value is -2.10. The van der Waals surface area contributed by atoms with Gasteiger partial charge in [0, 0.05) is 0 Å². The molecule has 0 spiro atoms. The quantitative estimate of drug-likeness (QED) is 0.801. The summed E-state index contributed by atoms with van der Waals surface area (Å²) in [6.07, 6.45) is 4.79. The van der Waals surface area contributed by atoms with Gasteiger partial charge in [0.25, 0.3) is 5.56 Å². The van der Waals surface area contributed by atoms with Crippen molar-refractivity contribution < 1.29 is 0 Å². The van der Waals surface area contributed by atoms with Gasteiger partial charge in [0.05, 0.1) is 10.9 Å². The summed E-state index contributed by atoms with van der Waals surface area (Å²) in [4.78, 5) is 27.6. The van der Waals surface area contributed by atoms with Gasteiger partial charge in [-0.3, -0.25) is 9.78 Å². The fourth-order valence-corrected chi connectivity index (χ4v) is 1.60. The lowest BCUT2D eigenvalue weighted by Crippen LogP contribution is -2.22. The summed E-state index contributed by atoms with van der Waals surface area (Å²) >= 11 is 0. The molecule has 2 N–H and O–H groups in total. The van der Waals surface area contributed by atoms with Crippen LogP contribution in [0.4, 0.5) is 0 Å². The van der Waals surface area contributed by atoms with E-state index in [2.05, 4.69) is 9.97 Å². The van der Waals surface area contributed by atoms with Crippen molar-refractivity contribution in [3.63, 3.8) is 0 Å². The van der Waals surface area contributed by atoms with Crippen molar-refractivity contribution in [2.75, 3.05) is 0 Å². The fraction of sp³-hybridized carbons (Fsp3) is 0.167. The number of aromatic amines is 2. The van der Waals surface area contributed by atoms with E-state index in [9.17, 15) is 9.59 Å². The summed E-state index contributed by atoms with van der Waals surface area (Å²) in [6, 6.07) is 5.35. The monoisotopic (exact) mass is 216 g/mol. The second-order valence-electron chi connectivity index (χ2n) is 3.49. The number of rotatable bonds is 2. The minimum absolute atomic E-state index is 0.356. The predicted molar refractivity (Wildman–Crippen MR) is 64.5 cm³/mol. The molecule has 0 aliphatic rings. The number of allylic oxidation sites excluding steroid dienone is 1. The van der Waals surface area contributed by atoms with Crippen LogP contribution in [0.2, 0.25) is 0 Å². The Bertz CT molecular complexity index is 650. The van der Waals surface area contributed by atoms with E-state index in [1.54, 1.807) is 12.1 Å². The Balaban J connectivity index is 2.81. The van der Waals surface area contributed by atoms with Crippen LogP contribution >= 0.6 is 0 Å². The van der Waals surface area contributed by atoms with Crippen LogP contribution in [0.3, 0.4) is 0 Å². The van der Waals surface area contributed by atoms with E-state index in [4.69, 9.17) is 0 Å². The molecule has 82 valence electrons. The molecule has 0 aliphatic heterocycles. The molecule has 1 aromatic heterocycles. The van der Waals surface area contributed by atoms with Crippen LogP contribution in [-0.4, -0.2) is 9.97 Å². The van der Waals surface area contributed by atoms with Gasteiger partial charge in [0.2, 0.25) is 0 Å². The van der Waals surface area contributed by atoms with E-state index in [0.29, 0.717) is 10.9 Å². The first-order chi connectivity index (χ1) is 7.72. The highest BCUT2D eigenvalue weighted by Crippen LogP contribution is 2.13. The average molecular weight is 216 g/mol. The third-order valence-electron chi connectivity index (χ3n) is 2.34. The van der Waals surface area contributed by atoms with Gasteiger partial charge in [-0.15, -0.1) is 0 Å². The van der Waals surface area contributed by atoms with E-state index >= 15 is 0 Å². The second-order valence-corrected chi connectivity index (χ2v) is 3.49. The predicted octanol–water partition coefficient (Wildman–Crippen LogP) is 1.64. The summed E-state index contributed by atoms with van der Waals surface area (Å²) in [5, 5.41) is 0.498. The lowest BCUT2D eigenvalue weighted by atomic mass is 10.1. The van der Waals surface area contributed by atoms with Crippen LogP contribution in [0.1, 0.15) is 18.9 Å². The minimum atomic E-state index is -0.477. The molecule has 0 atom stereocenters. The molecule has 1 aromatic carbocycles. The Morgan fingerprint density at radius 3 is 2.81 bits per heavy atom. The van der Waals surface area contributed by atoms with Gasteiger partial charge < -0.3 is 4.98 Å². The minimum Gasteiger partial charge on any atom is -0.306 e. The third-order valence-corrected chi connectivity index (χ3v) is 2.34. The highest BCUT2D eigenvalue weighted by Gasteiger charge is 2.02. The molecule has 0 saturated heterocycles. The number of aromatic nitrogens is 2. The van der Waals surface area contributed by atoms with Crippen LogP contribution in [0.25, 0.3) is 17.0 Å². The molecule has 0 unspecified atom stereocenters. The first-order valence-corrected chi connectivity index (χ1v) is 5.14. The number of nitrogens with one attached hydrogen (secondary N) is 2. The highest BCUT2D eigenvalue weighted by molar-refractivity contribution is 5.86. The smallest absolute Gasteiger partial charge is 0.306 e. The molecule has 0 aliphatic carbocycles. The molecular weight excluding hydrogens is 204 g/mol. The number of benzene rings is 1. The Labute approximate surface area is 91.6 Å². The largest absolute Gasteiger partial charge is 0.326 e. The molecule has 4 heteroatoms. The molecule has 4 nitrogen and oxygen atoms in total. The molecule has 0 fully saturated rings. The highest BCUT2D eigenvalue weighted by atomic mass is 16.2. The molecule has 0 saturated carbocycles. The molecule has 2 aromatic rings. The van der Waals surface area contributed by atoms with E-state index in [1.165, 1.54) is 0 Å². The zero-order chi connectivity index (χ0) is 11.5. The summed E-state index contributed by atoms with van der Waals surface area (Å²) in [5.41, 5.74) is 0.601. The summed E-state index contributed by atoms with van der Waals surface area (Å²) < 4.78 is 0. The average Bonchev–Trinajstić information content (AvgIpc) is 2.26. The van der Waals surface area contributed by atoms with E-state index < -0.39 is 5.69 Å². The van der Waals surface area contributed by atoms with Gasteiger partial charge in [0.15, 0.2) is 0 Å². The van der Waals surface area contributed by atoms with Crippen molar-refractivity contribution in [1.29, 1.82) is 0 Å². The summed E-state index contributed by atoms with van der Waals surface area (Å²) in [7, 11) is 0. The zero-order valence-corrected chi connectivity index (χ0v) is 8.91. The van der Waals surface area contributed by atoms with Gasteiger partial charge in [-0.25, -0.2) is 4.79 Å². The van der Waals surface area contributed by atoms with E-state index in [-0.39, 0.29) is 5.56 Å². The van der Waals surface area contributed by atoms with Crippen LogP contribution < -0.4 is 11.2 Å². The number of hydrogen-bond donors (Lipinski definition) is 2. The number of hydrogen-bond acceptors (Lipinski definition) is 2. The third kappa shape index (κ3) is 1.82. The van der Waals surface area contributed by atoms with Crippen LogP contribution in [0, 0.1) is 0 Å². The molecule has 0 bridgehead atoms. The normalized spacial score (nSPS) is 11.3. The lowest BCUT2D eigenvalue weighted by Gasteiger charge is -2.00.